The molecule has 2 aromatic rings. The Balaban J connectivity index is 1.93. The zero-order valence-corrected chi connectivity index (χ0v) is 15.2. The van der Waals surface area contributed by atoms with Crippen LogP contribution in [0.25, 0.3) is 5.57 Å². The summed E-state index contributed by atoms with van der Waals surface area (Å²) in [7, 11) is 1.68. The molecule has 1 aromatic carbocycles. The van der Waals surface area contributed by atoms with Crippen LogP contribution < -0.4 is 16.4 Å². The van der Waals surface area contributed by atoms with Gasteiger partial charge < -0.3 is 21.1 Å². The molecular formula is C19H23N7O. The van der Waals surface area contributed by atoms with Gasteiger partial charge in [-0.1, -0.05) is 6.07 Å². The molecule has 8 heteroatoms. The summed E-state index contributed by atoms with van der Waals surface area (Å²) in [5.41, 5.74) is 15.2. The van der Waals surface area contributed by atoms with Crippen molar-refractivity contribution in [2.45, 2.75) is 0 Å². The Kier molecular flexibility index (Phi) is 5.77. The first-order valence-corrected chi connectivity index (χ1v) is 8.62. The lowest BCUT2D eigenvalue weighted by Gasteiger charge is -2.27. The van der Waals surface area contributed by atoms with E-state index in [1.807, 2.05) is 18.2 Å². The highest BCUT2D eigenvalue weighted by molar-refractivity contribution is 6.15. The molecule has 5 N–H and O–H groups in total. The lowest BCUT2D eigenvalue weighted by atomic mass is 9.98. The Morgan fingerprint density at radius 3 is 2.74 bits per heavy atom. The quantitative estimate of drug-likeness (QED) is 0.542. The fourth-order valence-corrected chi connectivity index (χ4v) is 2.89. The molecule has 1 aromatic heterocycles. The first-order valence-electron chi connectivity index (χ1n) is 8.62. The van der Waals surface area contributed by atoms with Crippen molar-refractivity contribution < 1.29 is 4.74 Å². The highest BCUT2D eigenvalue weighted by Crippen LogP contribution is 2.23. The van der Waals surface area contributed by atoms with Crippen molar-refractivity contribution in [1.29, 1.82) is 5.41 Å². The van der Waals surface area contributed by atoms with E-state index >= 15 is 0 Å². The van der Waals surface area contributed by atoms with Gasteiger partial charge in [0.05, 0.1) is 24.6 Å². The summed E-state index contributed by atoms with van der Waals surface area (Å²) in [5.74, 6) is 0.781. The average molecular weight is 365 g/mol. The largest absolute Gasteiger partial charge is 0.404 e. The van der Waals surface area contributed by atoms with Crippen LogP contribution in [0.3, 0.4) is 0 Å². The van der Waals surface area contributed by atoms with Crippen molar-refractivity contribution >= 4 is 29.0 Å². The molecular weight excluding hydrogens is 342 g/mol. The third-order valence-corrected chi connectivity index (χ3v) is 4.35. The maximum atomic E-state index is 8.62. The second-order valence-corrected chi connectivity index (χ2v) is 6.05. The molecule has 0 aliphatic carbocycles. The van der Waals surface area contributed by atoms with Crippen LogP contribution in [0.15, 0.2) is 41.8 Å². The van der Waals surface area contributed by atoms with Crippen LogP contribution in [0.1, 0.15) is 16.8 Å². The van der Waals surface area contributed by atoms with Gasteiger partial charge in [-0.15, -0.1) is 0 Å². The van der Waals surface area contributed by atoms with Crippen LogP contribution >= 0.6 is 0 Å². The molecule has 0 saturated carbocycles. The molecule has 0 unspecified atom stereocenters. The minimum absolute atomic E-state index is 0.232. The molecule has 27 heavy (non-hydrogen) atoms. The number of nitrogens with zero attached hydrogens (tertiary/aromatic N) is 4. The van der Waals surface area contributed by atoms with Gasteiger partial charge in [-0.25, -0.2) is 9.97 Å². The molecule has 8 nitrogen and oxygen atoms in total. The van der Waals surface area contributed by atoms with E-state index in [0.717, 1.165) is 30.0 Å². The number of morpholine rings is 1. The minimum atomic E-state index is 0.232. The van der Waals surface area contributed by atoms with Gasteiger partial charge in [0, 0.05) is 55.4 Å². The summed E-state index contributed by atoms with van der Waals surface area (Å²) in [6.45, 7) is 2.86. The van der Waals surface area contributed by atoms with E-state index in [1.165, 1.54) is 12.5 Å². The lowest BCUT2D eigenvalue weighted by Crippen LogP contribution is -2.36. The van der Waals surface area contributed by atoms with Crippen molar-refractivity contribution in [1.82, 2.24) is 9.97 Å². The molecule has 2 heterocycles. The number of hydrogen-bond donors (Lipinski definition) is 3. The third-order valence-electron chi connectivity index (χ3n) is 4.35. The van der Waals surface area contributed by atoms with Gasteiger partial charge >= 0.3 is 0 Å². The first-order chi connectivity index (χ1) is 13.1. The number of nitrogen functional groups attached to an aromatic ring is 1. The van der Waals surface area contributed by atoms with E-state index < -0.39 is 0 Å². The smallest absolute Gasteiger partial charge is 0.132 e. The van der Waals surface area contributed by atoms with Crippen molar-refractivity contribution in [3.63, 3.8) is 0 Å². The lowest BCUT2D eigenvalue weighted by molar-refractivity contribution is 0.122. The molecule has 1 aliphatic rings. The summed E-state index contributed by atoms with van der Waals surface area (Å²) in [6.07, 6.45) is 4.62. The molecule has 0 spiro atoms. The van der Waals surface area contributed by atoms with Crippen LogP contribution in [-0.4, -0.2) is 55.2 Å². The van der Waals surface area contributed by atoms with Crippen molar-refractivity contribution in [3.05, 3.63) is 53.6 Å². The molecule has 0 amide bonds. The van der Waals surface area contributed by atoms with Crippen LogP contribution in [0.5, 0.6) is 0 Å². The van der Waals surface area contributed by atoms with Gasteiger partial charge in [0.15, 0.2) is 0 Å². The number of nitrogens with one attached hydrogen (secondary N) is 1. The Morgan fingerprint density at radius 1 is 1.26 bits per heavy atom. The predicted molar refractivity (Wildman–Crippen MR) is 108 cm³/mol. The zero-order valence-electron chi connectivity index (χ0n) is 15.2. The maximum Gasteiger partial charge on any atom is 0.132 e. The van der Waals surface area contributed by atoms with Gasteiger partial charge in [0.1, 0.15) is 12.1 Å². The SMILES string of the molecule is CN=CC(=CN)c1ccc(N)c(C(=N)c2cc(N3CCOCC3)ncn2)c1. The number of aliphatic imine (C=N–C) groups is 1. The molecule has 1 fully saturated rings. The van der Waals surface area contributed by atoms with E-state index in [0.29, 0.717) is 30.2 Å². The number of benzene rings is 1. The summed E-state index contributed by atoms with van der Waals surface area (Å²) < 4.78 is 5.38. The van der Waals surface area contributed by atoms with Gasteiger partial charge in [0.2, 0.25) is 0 Å². The summed E-state index contributed by atoms with van der Waals surface area (Å²) >= 11 is 0. The number of nitrogens with two attached hydrogens (primary N) is 2. The molecule has 0 atom stereocenters. The third kappa shape index (κ3) is 4.12. The van der Waals surface area contributed by atoms with E-state index in [4.69, 9.17) is 21.6 Å². The van der Waals surface area contributed by atoms with E-state index in [-0.39, 0.29) is 5.71 Å². The maximum absolute atomic E-state index is 8.62. The number of rotatable bonds is 5. The number of anilines is 2. The van der Waals surface area contributed by atoms with Gasteiger partial charge in [-0.05, 0) is 17.7 Å². The number of allylic oxidation sites excluding steroid dienone is 1. The standard InChI is InChI=1S/C19H23N7O/c1-23-11-14(10-20)13-2-3-16(21)15(8-13)19(22)17-9-18(25-12-24-17)26-4-6-27-7-5-26/h2-3,8-12,22H,4-7,20-21H2,1H3. The summed E-state index contributed by atoms with van der Waals surface area (Å²) in [4.78, 5) is 14.7. The molecule has 140 valence electrons. The molecule has 1 aliphatic heterocycles. The van der Waals surface area contributed by atoms with Gasteiger partial charge in [-0.3, -0.25) is 10.4 Å². The second-order valence-electron chi connectivity index (χ2n) is 6.05. The van der Waals surface area contributed by atoms with Crippen molar-refractivity contribution in [2.24, 2.45) is 10.7 Å². The Labute approximate surface area is 158 Å². The number of ether oxygens (including phenoxy) is 1. The Bertz CT molecular complexity index is 885. The van der Waals surface area contributed by atoms with Crippen molar-refractivity contribution in [3.8, 4) is 0 Å². The number of hydrogen-bond acceptors (Lipinski definition) is 8. The zero-order chi connectivity index (χ0) is 19.2. The topological polar surface area (TPSA) is 126 Å². The average Bonchev–Trinajstić information content (AvgIpc) is 2.73. The predicted octanol–water partition coefficient (Wildman–Crippen LogP) is 1.31. The summed E-state index contributed by atoms with van der Waals surface area (Å²) in [5, 5.41) is 8.62. The highest BCUT2D eigenvalue weighted by atomic mass is 16.5. The van der Waals surface area contributed by atoms with E-state index in [2.05, 4.69) is 19.9 Å². The van der Waals surface area contributed by atoms with Crippen molar-refractivity contribution in [2.75, 3.05) is 44.0 Å². The molecule has 3 rings (SSSR count). The normalized spacial score (nSPS) is 15.3. The van der Waals surface area contributed by atoms with Crippen LogP contribution in [0.4, 0.5) is 11.5 Å². The second kappa shape index (κ2) is 8.41. The number of aromatic nitrogens is 2. The van der Waals surface area contributed by atoms with Crippen LogP contribution in [0.2, 0.25) is 0 Å². The van der Waals surface area contributed by atoms with Crippen LogP contribution in [0, 0.1) is 5.41 Å². The van der Waals surface area contributed by atoms with Crippen LogP contribution in [-0.2, 0) is 4.74 Å². The Hall–Kier alpha value is -3.26. The minimum Gasteiger partial charge on any atom is -0.404 e. The molecule has 1 saturated heterocycles. The molecule has 0 radical (unpaired) electrons. The highest BCUT2D eigenvalue weighted by Gasteiger charge is 2.16. The fraction of sp³-hybridized carbons (Fsp3) is 0.263. The Morgan fingerprint density at radius 2 is 2.04 bits per heavy atom. The van der Waals surface area contributed by atoms with Gasteiger partial charge in [-0.2, -0.15) is 0 Å². The first kappa shape index (κ1) is 18.5. The van der Waals surface area contributed by atoms with E-state index in [9.17, 15) is 0 Å². The summed E-state index contributed by atoms with van der Waals surface area (Å²) in [6, 6.07) is 7.25. The monoisotopic (exact) mass is 365 g/mol. The van der Waals surface area contributed by atoms with Gasteiger partial charge in [0.25, 0.3) is 0 Å². The van der Waals surface area contributed by atoms with E-state index in [1.54, 1.807) is 19.3 Å². The molecule has 0 bridgehead atoms. The fourth-order valence-electron chi connectivity index (χ4n) is 2.89.